The Morgan fingerprint density at radius 1 is 1.44 bits per heavy atom. The zero-order valence-electron chi connectivity index (χ0n) is 9.49. The lowest BCUT2D eigenvalue weighted by atomic mass is 9.87. The molecule has 16 heavy (non-hydrogen) atoms. The van der Waals surface area contributed by atoms with E-state index in [1.807, 2.05) is 0 Å². The first kappa shape index (κ1) is 11.0. The van der Waals surface area contributed by atoms with Crippen LogP contribution in [0.15, 0.2) is 11.1 Å². The normalized spacial score (nSPS) is 25.3. The second-order valence-corrected chi connectivity index (χ2v) is 4.60. The maximum absolute atomic E-state index is 11.3. The Kier molecular flexibility index (Phi) is 3.12. The van der Waals surface area contributed by atoms with Crippen molar-refractivity contribution in [2.45, 2.75) is 38.6 Å². The number of anilines is 2. The molecule has 1 aromatic rings. The molecule has 0 spiro atoms. The predicted octanol–water partition coefficient (Wildman–Crippen LogP) is 1.34. The number of hydrogen-bond acceptors (Lipinski definition) is 4. The van der Waals surface area contributed by atoms with Gasteiger partial charge in [-0.15, -0.1) is 0 Å². The number of nitrogen functional groups attached to an aromatic ring is 1. The largest absolute Gasteiger partial charge is 0.391 e. The van der Waals surface area contributed by atoms with Crippen molar-refractivity contribution in [1.29, 1.82) is 0 Å². The Morgan fingerprint density at radius 3 is 2.81 bits per heavy atom. The Morgan fingerprint density at radius 2 is 2.12 bits per heavy atom. The first-order chi connectivity index (χ1) is 7.66. The number of H-pyrrole nitrogens is 1. The van der Waals surface area contributed by atoms with Gasteiger partial charge in [-0.05, 0) is 31.6 Å². The van der Waals surface area contributed by atoms with Gasteiger partial charge >= 0.3 is 0 Å². The molecule has 0 unspecified atom stereocenters. The van der Waals surface area contributed by atoms with Gasteiger partial charge in [-0.3, -0.25) is 4.79 Å². The second kappa shape index (κ2) is 4.55. The third kappa shape index (κ3) is 2.35. The molecule has 0 saturated heterocycles. The molecule has 1 fully saturated rings. The van der Waals surface area contributed by atoms with Crippen molar-refractivity contribution >= 4 is 11.5 Å². The van der Waals surface area contributed by atoms with Gasteiger partial charge in [-0.25, -0.2) is 4.98 Å². The van der Waals surface area contributed by atoms with Gasteiger partial charge in [0.25, 0.3) is 5.56 Å². The summed E-state index contributed by atoms with van der Waals surface area (Å²) >= 11 is 0. The summed E-state index contributed by atoms with van der Waals surface area (Å²) < 4.78 is 0. The Hall–Kier alpha value is -1.52. The maximum atomic E-state index is 11.3. The average molecular weight is 222 g/mol. The lowest BCUT2D eigenvalue weighted by Gasteiger charge is -2.27. The summed E-state index contributed by atoms with van der Waals surface area (Å²) in [6.07, 6.45) is 6.07. The van der Waals surface area contributed by atoms with Gasteiger partial charge in [0.05, 0.1) is 6.33 Å². The van der Waals surface area contributed by atoms with Crippen molar-refractivity contribution in [3.8, 4) is 0 Å². The van der Waals surface area contributed by atoms with E-state index in [0.717, 1.165) is 18.8 Å². The fourth-order valence-corrected chi connectivity index (χ4v) is 2.12. The Balaban J connectivity index is 2.04. The fourth-order valence-electron chi connectivity index (χ4n) is 2.12. The van der Waals surface area contributed by atoms with E-state index >= 15 is 0 Å². The average Bonchev–Trinajstić information content (AvgIpc) is 2.28. The van der Waals surface area contributed by atoms with Crippen molar-refractivity contribution in [1.82, 2.24) is 9.97 Å². The van der Waals surface area contributed by atoms with E-state index in [9.17, 15) is 4.79 Å². The number of rotatable bonds is 2. The van der Waals surface area contributed by atoms with Crippen LogP contribution in [0.25, 0.3) is 0 Å². The standard InChI is InChI=1S/C11H18N4O/c1-7-2-4-8(5-3-7)15-10-9(12)11(16)14-6-13-10/h6-8H,2-5,12H2,1H3,(H2,13,14,15,16). The molecular formula is C11H18N4O. The van der Waals surface area contributed by atoms with Crippen LogP contribution in [-0.2, 0) is 0 Å². The van der Waals surface area contributed by atoms with E-state index in [2.05, 4.69) is 22.2 Å². The minimum atomic E-state index is -0.276. The first-order valence-corrected chi connectivity index (χ1v) is 5.76. The van der Waals surface area contributed by atoms with Gasteiger partial charge in [0.15, 0.2) is 5.82 Å². The summed E-state index contributed by atoms with van der Waals surface area (Å²) in [7, 11) is 0. The van der Waals surface area contributed by atoms with Crippen LogP contribution >= 0.6 is 0 Å². The maximum Gasteiger partial charge on any atom is 0.276 e. The zero-order valence-corrected chi connectivity index (χ0v) is 9.49. The van der Waals surface area contributed by atoms with Gasteiger partial charge in [-0.1, -0.05) is 6.92 Å². The Bertz CT molecular complexity index is 407. The molecule has 4 N–H and O–H groups in total. The number of hydrogen-bond donors (Lipinski definition) is 3. The topological polar surface area (TPSA) is 83.8 Å². The van der Waals surface area contributed by atoms with Gasteiger partial charge in [0, 0.05) is 6.04 Å². The van der Waals surface area contributed by atoms with Gasteiger partial charge < -0.3 is 16.0 Å². The highest BCUT2D eigenvalue weighted by Gasteiger charge is 2.19. The summed E-state index contributed by atoms with van der Waals surface area (Å²) in [5.41, 5.74) is 5.56. The van der Waals surface area contributed by atoms with Crippen LogP contribution < -0.4 is 16.6 Å². The van der Waals surface area contributed by atoms with Crippen LogP contribution in [0.2, 0.25) is 0 Å². The molecule has 0 atom stereocenters. The minimum Gasteiger partial charge on any atom is -0.391 e. The molecule has 1 heterocycles. The fraction of sp³-hybridized carbons (Fsp3) is 0.636. The smallest absolute Gasteiger partial charge is 0.276 e. The van der Waals surface area contributed by atoms with E-state index in [4.69, 9.17) is 5.73 Å². The molecule has 5 heteroatoms. The predicted molar refractivity (Wildman–Crippen MR) is 64.3 cm³/mol. The molecule has 1 aliphatic carbocycles. The van der Waals surface area contributed by atoms with Crippen LogP contribution in [0.5, 0.6) is 0 Å². The summed E-state index contributed by atoms with van der Waals surface area (Å²) in [5.74, 6) is 1.32. The van der Waals surface area contributed by atoms with E-state index in [0.29, 0.717) is 11.9 Å². The highest BCUT2D eigenvalue weighted by molar-refractivity contribution is 5.59. The van der Waals surface area contributed by atoms with Crippen LogP contribution in [0.3, 0.4) is 0 Å². The molecule has 1 aromatic heterocycles. The molecule has 1 saturated carbocycles. The molecule has 2 rings (SSSR count). The van der Waals surface area contributed by atoms with E-state index in [-0.39, 0.29) is 11.2 Å². The molecule has 0 radical (unpaired) electrons. The SMILES string of the molecule is CC1CCC(Nc2nc[nH]c(=O)c2N)CC1. The van der Waals surface area contributed by atoms with Gasteiger partial charge in [-0.2, -0.15) is 0 Å². The van der Waals surface area contributed by atoms with Crippen LogP contribution in [0.4, 0.5) is 11.5 Å². The molecule has 5 nitrogen and oxygen atoms in total. The summed E-state index contributed by atoms with van der Waals surface area (Å²) in [6.45, 7) is 2.27. The quantitative estimate of drug-likeness (QED) is 0.705. The zero-order chi connectivity index (χ0) is 11.5. The molecular weight excluding hydrogens is 204 g/mol. The molecule has 0 aliphatic heterocycles. The lowest BCUT2D eigenvalue weighted by Crippen LogP contribution is -2.27. The molecule has 1 aliphatic rings. The first-order valence-electron chi connectivity index (χ1n) is 5.76. The third-order valence-corrected chi connectivity index (χ3v) is 3.25. The van der Waals surface area contributed by atoms with Crippen LogP contribution in [0, 0.1) is 5.92 Å². The number of nitrogens with zero attached hydrogens (tertiary/aromatic N) is 1. The highest BCUT2D eigenvalue weighted by atomic mass is 16.1. The van der Waals surface area contributed by atoms with Crippen molar-refractivity contribution in [3.05, 3.63) is 16.7 Å². The Labute approximate surface area is 94.5 Å². The number of aromatic amines is 1. The summed E-state index contributed by atoms with van der Waals surface area (Å²) in [4.78, 5) is 17.8. The van der Waals surface area contributed by atoms with Crippen LogP contribution in [-0.4, -0.2) is 16.0 Å². The lowest BCUT2D eigenvalue weighted by molar-refractivity contribution is 0.361. The number of nitrogens with one attached hydrogen (secondary N) is 2. The summed E-state index contributed by atoms with van der Waals surface area (Å²) in [6, 6.07) is 0.396. The molecule has 88 valence electrons. The third-order valence-electron chi connectivity index (χ3n) is 3.25. The highest BCUT2D eigenvalue weighted by Crippen LogP contribution is 2.26. The van der Waals surface area contributed by atoms with Crippen LogP contribution in [0.1, 0.15) is 32.6 Å². The molecule has 0 amide bonds. The monoisotopic (exact) mass is 222 g/mol. The van der Waals surface area contributed by atoms with Crippen molar-refractivity contribution in [2.24, 2.45) is 5.92 Å². The molecule has 0 bridgehead atoms. The van der Waals surface area contributed by atoms with E-state index < -0.39 is 0 Å². The number of nitrogens with two attached hydrogens (primary N) is 1. The summed E-state index contributed by atoms with van der Waals surface area (Å²) in [5, 5.41) is 3.25. The van der Waals surface area contributed by atoms with Gasteiger partial charge in [0.2, 0.25) is 0 Å². The van der Waals surface area contributed by atoms with Crippen molar-refractivity contribution in [2.75, 3.05) is 11.1 Å². The van der Waals surface area contributed by atoms with E-state index in [1.54, 1.807) is 0 Å². The second-order valence-electron chi connectivity index (χ2n) is 4.60. The number of aromatic nitrogens is 2. The van der Waals surface area contributed by atoms with Crippen molar-refractivity contribution < 1.29 is 0 Å². The van der Waals surface area contributed by atoms with E-state index in [1.165, 1.54) is 19.2 Å². The molecule has 0 aromatic carbocycles. The van der Waals surface area contributed by atoms with Gasteiger partial charge in [0.1, 0.15) is 5.69 Å². The minimum absolute atomic E-state index is 0.182. The van der Waals surface area contributed by atoms with Crippen molar-refractivity contribution in [3.63, 3.8) is 0 Å².